The topological polar surface area (TPSA) is 17.1 Å². The molecule has 0 radical (unpaired) electrons. The molecule has 44 valence electrons. The standard InChI is InChI=1S/C7H4OS/c8-7-4-1-2-6(9)5(7)3-4/h1-3,9H. The Morgan fingerprint density at radius 1 is 1.33 bits per heavy atom. The second kappa shape index (κ2) is 1.39. The number of carbonyl (C=O) groups excluding carboxylic acids is 1. The molecule has 0 aromatic heterocycles. The fourth-order valence-corrected chi connectivity index (χ4v) is 1.18. The molecule has 2 bridgehead atoms. The number of fused-ring (bicyclic) bond motifs is 2. The Labute approximate surface area is 58.1 Å². The van der Waals surface area contributed by atoms with Crippen LogP contribution in [0.4, 0.5) is 0 Å². The van der Waals surface area contributed by atoms with Crippen molar-refractivity contribution in [2.45, 2.75) is 4.90 Å². The quantitative estimate of drug-likeness (QED) is 0.543. The maximum absolute atomic E-state index is 10.8. The van der Waals surface area contributed by atoms with Crippen molar-refractivity contribution >= 4 is 18.4 Å². The fourth-order valence-electron chi connectivity index (χ4n) is 0.937. The van der Waals surface area contributed by atoms with Crippen molar-refractivity contribution in [1.29, 1.82) is 0 Å². The minimum absolute atomic E-state index is 0.141. The molecule has 0 fully saturated rings. The summed E-state index contributed by atoms with van der Waals surface area (Å²) in [6.07, 6.45) is 0. The molecule has 1 aromatic rings. The number of benzene rings is 1. The molecule has 3 rings (SSSR count). The van der Waals surface area contributed by atoms with Gasteiger partial charge < -0.3 is 0 Å². The van der Waals surface area contributed by atoms with E-state index in [4.69, 9.17) is 0 Å². The molecule has 0 amide bonds. The minimum Gasteiger partial charge on any atom is -0.289 e. The molecule has 0 spiro atoms. The van der Waals surface area contributed by atoms with Crippen molar-refractivity contribution in [2.24, 2.45) is 0 Å². The van der Waals surface area contributed by atoms with Gasteiger partial charge in [-0.2, -0.15) is 0 Å². The van der Waals surface area contributed by atoms with Crippen LogP contribution < -0.4 is 0 Å². The SMILES string of the molecule is O=C1c2ccc(S)c1c2. The summed E-state index contributed by atoms with van der Waals surface area (Å²) in [5, 5.41) is 0. The molecule has 2 aliphatic rings. The van der Waals surface area contributed by atoms with Crippen LogP contribution in [0.2, 0.25) is 0 Å². The summed E-state index contributed by atoms with van der Waals surface area (Å²) in [5.41, 5.74) is 1.57. The van der Waals surface area contributed by atoms with E-state index in [9.17, 15) is 4.79 Å². The first-order valence-corrected chi connectivity index (χ1v) is 3.11. The smallest absolute Gasteiger partial charge is 0.194 e. The van der Waals surface area contributed by atoms with Crippen LogP contribution in [0, 0.1) is 0 Å². The summed E-state index contributed by atoms with van der Waals surface area (Å²) >= 11 is 4.08. The largest absolute Gasteiger partial charge is 0.289 e. The Morgan fingerprint density at radius 2 is 2.11 bits per heavy atom. The van der Waals surface area contributed by atoms with Crippen LogP contribution in [0.25, 0.3) is 0 Å². The van der Waals surface area contributed by atoms with Gasteiger partial charge in [-0.3, -0.25) is 4.79 Å². The summed E-state index contributed by atoms with van der Waals surface area (Å²) in [6, 6.07) is 5.48. The van der Waals surface area contributed by atoms with Gasteiger partial charge in [-0.25, -0.2) is 0 Å². The van der Waals surface area contributed by atoms with Crippen LogP contribution in [0.1, 0.15) is 15.9 Å². The van der Waals surface area contributed by atoms with Gasteiger partial charge >= 0.3 is 0 Å². The first kappa shape index (κ1) is 5.06. The van der Waals surface area contributed by atoms with Gasteiger partial charge in [0.25, 0.3) is 0 Å². The highest BCUT2D eigenvalue weighted by Gasteiger charge is 2.21. The molecule has 0 heterocycles. The van der Waals surface area contributed by atoms with E-state index in [2.05, 4.69) is 12.6 Å². The van der Waals surface area contributed by atoms with Crippen molar-refractivity contribution in [2.75, 3.05) is 0 Å². The van der Waals surface area contributed by atoms with Gasteiger partial charge in [0.2, 0.25) is 0 Å². The number of carbonyl (C=O) groups is 1. The molecule has 2 aliphatic carbocycles. The van der Waals surface area contributed by atoms with Crippen molar-refractivity contribution in [1.82, 2.24) is 0 Å². The summed E-state index contributed by atoms with van der Waals surface area (Å²) in [7, 11) is 0. The number of thiol groups is 1. The van der Waals surface area contributed by atoms with E-state index in [1.54, 1.807) is 6.07 Å². The number of rotatable bonds is 0. The summed E-state index contributed by atoms with van der Waals surface area (Å²) in [5.74, 6) is 0.141. The molecule has 9 heavy (non-hydrogen) atoms. The van der Waals surface area contributed by atoms with Gasteiger partial charge in [-0.05, 0) is 18.2 Å². The monoisotopic (exact) mass is 136 g/mol. The highest BCUT2D eigenvalue weighted by Crippen LogP contribution is 2.27. The molecule has 1 aromatic carbocycles. The first-order chi connectivity index (χ1) is 4.29. The van der Waals surface area contributed by atoms with Gasteiger partial charge in [-0.1, -0.05) is 0 Å². The Balaban J connectivity index is 2.78. The highest BCUT2D eigenvalue weighted by molar-refractivity contribution is 7.80. The first-order valence-electron chi connectivity index (χ1n) is 2.67. The Morgan fingerprint density at radius 3 is 2.44 bits per heavy atom. The molecular formula is C7H4OS. The number of ketones is 1. The third kappa shape index (κ3) is 0.485. The molecule has 0 atom stereocenters. The highest BCUT2D eigenvalue weighted by atomic mass is 32.1. The van der Waals surface area contributed by atoms with Crippen LogP contribution in [-0.4, -0.2) is 5.78 Å². The van der Waals surface area contributed by atoms with Gasteiger partial charge in [0.1, 0.15) is 0 Å². The van der Waals surface area contributed by atoms with Crippen molar-refractivity contribution in [3.8, 4) is 0 Å². The molecule has 1 nitrogen and oxygen atoms in total. The third-order valence-electron chi connectivity index (χ3n) is 1.50. The molecule has 0 saturated carbocycles. The van der Waals surface area contributed by atoms with E-state index in [-0.39, 0.29) is 5.78 Å². The molecule has 0 unspecified atom stereocenters. The number of hydrogen-bond acceptors (Lipinski definition) is 2. The average molecular weight is 136 g/mol. The third-order valence-corrected chi connectivity index (χ3v) is 1.89. The maximum atomic E-state index is 10.8. The van der Waals surface area contributed by atoms with Crippen LogP contribution in [-0.2, 0) is 0 Å². The zero-order valence-corrected chi connectivity index (χ0v) is 5.48. The molecule has 0 N–H and O–H groups in total. The van der Waals surface area contributed by atoms with Gasteiger partial charge in [0.05, 0.1) is 0 Å². The van der Waals surface area contributed by atoms with Gasteiger partial charge in [0.15, 0.2) is 5.78 Å². The van der Waals surface area contributed by atoms with E-state index >= 15 is 0 Å². The lowest BCUT2D eigenvalue weighted by Crippen LogP contribution is -2.12. The average Bonchev–Trinajstić information content (AvgIpc) is 1.86. The van der Waals surface area contributed by atoms with Crippen molar-refractivity contribution in [3.05, 3.63) is 29.3 Å². The molecule has 0 aliphatic heterocycles. The molecule has 2 heteroatoms. The van der Waals surface area contributed by atoms with Crippen LogP contribution in [0.15, 0.2) is 23.1 Å². The van der Waals surface area contributed by atoms with Crippen molar-refractivity contribution in [3.63, 3.8) is 0 Å². The predicted molar refractivity (Wildman–Crippen MR) is 37.1 cm³/mol. The van der Waals surface area contributed by atoms with E-state index < -0.39 is 0 Å². The van der Waals surface area contributed by atoms with Gasteiger partial charge in [0, 0.05) is 16.0 Å². The summed E-state index contributed by atoms with van der Waals surface area (Å²) in [4.78, 5) is 11.6. The van der Waals surface area contributed by atoms with E-state index in [1.165, 1.54) is 0 Å². The second-order valence-electron chi connectivity index (χ2n) is 2.06. The van der Waals surface area contributed by atoms with Gasteiger partial charge in [-0.15, -0.1) is 12.6 Å². The normalized spacial score (nSPS) is 13.2. The lowest BCUT2D eigenvalue weighted by atomic mass is 9.92. The second-order valence-corrected chi connectivity index (χ2v) is 2.54. The molecule has 0 saturated heterocycles. The summed E-state index contributed by atoms with van der Waals surface area (Å²) < 4.78 is 0. The fraction of sp³-hybridized carbons (Fsp3) is 0. The van der Waals surface area contributed by atoms with Crippen LogP contribution in [0.3, 0.4) is 0 Å². The van der Waals surface area contributed by atoms with Crippen LogP contribution >= 0.6 is 12.6 Å². The number of hydrogen-bond donors (Lipinski definition) is 1. The maximum Gasteiger partial charge on any atom is 0.194 e. The zero-order chi connectivity index (χ0) is 6.43. The zero-order valence-electron chi connectivity index (χ0n) is 4.59. The van der Waals surface area contributed by atoms with E-state index in [1.807, 2.05) is 12.1 Å². The van der Waals surface area contributed by atoms with Crippen LogP contribution in [0.5, 0.6) is 0 Å². The lowest BCUT2D eigenvalue weighted by Gasteiger charge is -2.13. The van der Waals surface area contributed by atoms with Crippen molar-refractivity contribution < 1.29 is 4.79 Å². The Hall–Kier alpha value is -0.760. The minimum atomic E-state index is 0.141. The Kier molecular flexibility index (Phi) is 0.781. The summed E-state index contributed by atoms with van der Waals surface area (Å²) in [6.45, 7) is 0. The van der Waals surface area contributed by atoms with E-state index in [0.717, 1.165) is 16.0 Å². The predicted octanol–water partition coefficient (Wildman–Crippen LogP) is 1.52. The molecular weight excluding hydrogens is 132 g/mol. The van der Waals surface area contributed by atoms with E-state index in [0.29, 0.717) is 0 Å². The Bertz CT molecular complexity index is 287. The lowest BCUT2D eigenvalue weighted by molar-refractivity contribution is 0.102.